The van der Waals surface area contributed by atoms with E-state index in [1.54, 1.807) is 0 Å². The van der Waals surface area contributed by atoms with Crippen molar-refractivity contribution in [3.8, 4) is 0 Å². The lowest BCUT2D eigenvalue weighted by Gasteiger charge is -2.25. The molecule has 122 valence electrons. The van der Waals surface area contributed by atoms with Crippen molar-refractivity contribution in [2.24, 2.45) is 5.41 Å². The van der Waals surface area contributed by atoms with Crippen molar-refractivity contribution >= 4 is 17.5 Å². The maximum atomic E-state index is 11.8. The van der Waals surface area contributed by atoms with E-state index in [0.29, 0.717) is 12.1 Å². The molecule has 0 aliphatic rings. The number of carbonyl (C=O) groups excluding carboxylic acids is 2. The van der Waals surface area contributed by atoms with Gasteiger partial charge in [-0.2, -0.15) is 0 Å². The number of rotatable bonds is 4. The molecule has 0 aliphatic heterocycles. The van der Waals surface area contributed by atoms with Crippen molar-refractivity contribution in [1.82, 2.24) is 5.32 Å². The minimum Gasteiger partial charge on any atom is -0.393 e. The molecule has 22 heavy (non-hydrogen) atoms. The molecule has 0 bridgehead atoms. The van der Waals surface area contributed by atoms with Crippen LogP contribution in [0.5, 0.6) is 0 Å². The Hall–Kier alpha value is -1.88. The minimum atomic E-state index is -0.699. The van der Waals surface area contributed by atoms with E-state index in [9.17, 15) is 14.7 Å². The number of benzene rings is 1. The van der Waals surface area contributed by atoms with Gasteiger partial charge in [0.1, 0.15) is 0 Å². The van der Waals surface area contributed by atoms with E-state index in [4.69, 9.17) is 0 Å². The van der Waals surface area contributed by atoms with Crippen molar-refractivity contribution < 1.29 is 14.7 Å². The fourth-order valence-electron chi connectivity index (χ4n) is 2.07. The Kier molecular flexibility index (Phi) is 6.11. The number of hydrogen-bond donors (Lipinski definition) is 3. The van der Waals surface area contributed by atoms with Crippen molar-refractivity contribution in [3.05, 3.63) is 29.3 Å². The van der Waals surface area contributed by atoms with Crippen LogP contribution in [0, 0.1) is 19.3 Å². The highest BCUT2D eigenvalue weighted by Gasteiger charge is 2.22. The molecule has 0 saturated heterocycles. The summed E-state index contributed by atoms with van der Waals surface area (Å²) in [7, 11) is 0. The van der Waals surface area contributed by atoms with Crippen molar-refractivity contribution in [2.45, 2.75) is 47.1 Å². The SMILES string of the molecule is Cc1cc(C)cc(NC(=O)C(=O)NCCC(O)C(C)(C)C)c1. The molecule has 0 fully saturated rings. The minimum absolute atomic E-state index is 0.244. The van der Waals surface area contributed by atoms with Gasteiger partial charge in [-0.3, -0.25) is 9.59 Å². The van der Waals surface area contributed by atoms with Gasteiger partial charge in [0.15, 0.2) is 0 Å². The summed E-state index contributed by atoms with van der Waals surface area (Å²) in [5, 5.41) is 15.0. The van der Waals surface area contributed by atoms with Gasteiger partial charge in [0.05, 0.1) is 6.10 Å². The Morgan fingerprint density at radius 1 is 1.09 bits per heavy atom. The van der Waals surface area contributed by atoms with Crippen LogP contribution in [0.25, 0.3) is 0 Å². The summed E-state index contributed by atoms with van der Waals surface area (Å²) in [6, 6.07) is 5.60. The van der Waals surface area contributed by atoms with Crippen LogP contribution in [0.2, 0.25) is 0 Å². The predicted octanol–water partition coefficient (Wildman–Crippen LogP) is 2.16. The molecule has 0 aromatic heterocycles. The molecule has 3 N–H and O–H groups in total. The van der Waals surface area contributed by atoms with E-state index in [1.165, 1.54) is 0 Å². The summed E-state index contributed by atoms with van der Waals surface area (Å²) in [6.45, 7) is 9.88. The van der Waals surface area contributed by atoms with E-state index in [1.807, 2.05) is 52.8 Å². The van der Waals surface area contributed by atoms with Gasteiger partial charge in [0.2, 0.25) is 0 Å². The third-order valence-electron chi connectivity index (χ3n) is 3.39. The molecule has 0 saturated carbocycles. The van der Waals surface area contributed by atoms with E-state index in [-0.39, 0.29) is 12.0 Å². The third-order valence-corrected chi connectivity index (χ3v) is 3.39. The van der Waals surface area contributed by atoms with Crippen LogP contribution >= 0.6 is 0 Å². The van der Waals surface area contributed by atoms with Gasteiger partial charge in [-0.1, -0.05) is 26.8 Å². The molecule has 1 atom stereocenters. The molecule has 5 nitrogen and oxygen atoms in total. The largest absolute Gasteiger partial charge is 0.393 e. The summed E-state index contributed by atoms with van der Waals surface area (Å²) < 4.78 is 0. The molecular weight excluding hydrogens is 280 g/mol. The van der Waals surface area contributed by atoms with Crippen molar-refractivity contribution in [1.29, 1.82) is 0 Å². The number of hydrogen-bond acceptors (Lipinski definition) is 3. The standard InChI is InChI=1S/C17H26N2O3/c1-11-8-12(2)10-13(9-11)19-16(22)15(21)18-7-6-14(20)17(3,4)5/h8-10,14,20H,6-7H2,1-5H3,(H,18,21)(H,19,22). The van der Waals surface area contributed by atoms with E-state index >= 15 is 0 Å². The van der Waals surface area contributed by atoms with Crippen LogP contribution in [-0.2, 0) is 9.59 Å². The zero-order valence-corrected chi connectivity index (χ0v) is 14.0. The van der Waals surface area contributed by atoms with E-state index < -0.39 is 17.9 Å². The Morgan fingerprint density at radius 2 is 1.64 bits per heavy atom. The lowest BCUT2D eigenvalue weighted by atomic mass is 9.87. The van der Waals surface area contributed by atoms with Crippen LogP contribution in [-0.4, -0.2) is 29.6 Å². The first-order chi connectivity index (χ1) is 10.1. The zero-order valence-electron chi connectivity index (χ0n) is 14.0. The number of carbonyl (C=O) groups is 2. The van der Waals surface area contributed by atoms with Gasteiger partial charge >= 0.3 is 11.8 Å². The number of aryl methyl sites for hydroxylation is 2. The summed E-state index contributed by atoms with van der Waals surface area (Å²) in [6.07, 6.45) is -0.123. The Morgan fingerprint density at radius 3 is 2.14 bits per heavy atom. The zero-order chi connectivity index (χ0) is 16.9. The third kappa shape index (κ3) is 5.85. The quantitative estimate of drug-likeness (QED) is 0.746. The van der Waals surface area contributed by atoms with Gasteiger partial charge in [-0.25, -0.2) is 0 Å². The molecular formula is C17H26N2O3. The highest BCUT2D eigenvalue weighted by Crippen LogP contribution is 2.20. The monoisotopic (exact) mass is 306 g/mol. The first-order valence-electron chi connectivity index (χ1n) is 7.45. The number of aliphatic hydroxyl groups is 1. The average molecular weight is 306 g/mol. The van der Waals surface area contributed by atoms with Gasteiger partial charge in [-0.15, -0.1) is 0 Å². The topological polar surface area (TPSA) is 78.4 Å². The van der Waals surface area contributed by atoms with E-state index in [2.05, 4.69) is 10.6 Å². The van der Waals surface area contributed by atoms with Gasteiger partial charge < -0.3 is 15.7 Å². The summed E-state index contributed by atoms with van der Waals surface area (Å²) >= 11 is 0. The molecule has 1 unspecified atom stereocenters. The lowest BCUT2D eigenvalue weighted by Crippen LogP contribution is -2.38. The maximum Gasteiger partial charge on any atom is 0.313 e. The van der Waals surface area contributed by atoms with Crippen LogP contribution < -0.4 is 10.6 Å². The Labute approximate surface area is 132 Å². The number of anilines is 1. The van der Waals surface area contributed by atoms with Crippen LogP contribution in [0.3, 0.4) is 0 Å². The number of aliphatic hydroxyl groups excluding tert-OH is 1. The second-order valence-corrected chi connectivity index (χ2v) is 6.76. The van der Waals surface area contributed by atoms with Crippen molar-refractivity contribution in [3.63, 3.8) is 0 Å². The smallest absolute Gasteiger partial charge is 0.313 e. The summed E-state index contributed by atoms with van der Waals surface area (Å²) in [5.41, 5.74) is 2.40. The highest BCUT2D eigenvalue weighted by molar-refractivity contribution is 6.39. The second kappa shape index (κ2) is 7.40. The maximum absolute atomic E-state index is 11.8. The van der Waals surface area contributed by atoms with Crippen LogP contribution in [0.1, 0.15) is 38.3 Å². The highest BCUT2D eigenvalue weighted by atomic mass is 16.3. The fraction of sp³-hybridized carbons (Fsp3) is 0.529. The summed E-state index contributed by atoms with van der Waals surface area (Å²) in [5.74, 6) is -1.39. The number of amides is 2. The first-order valence-corrected chi connectivity index (χ1v) is 7.45. The molecule has 0 heterocycles. The van der Waals surface area contributed by atoms with Crippen LogP contribution in [0.15, 0.2) is 18.2 Å². The lowest BCUT2D eigenvalue weighted by molar-refractivity contribution is -0.136. The van der Waals surface area contributed by atoms with Crippen molar-refractivity contribution in [2.75, 3.05) is 11.9 Å². The molecule has 0 aliphatic carbocycles. The average Bonchev–Trinajstić information content (AvgIpc) is 2.35. The van der Waals surface area contributed by atoms with Gasteiger partial charge in [0.25, 0.3) is 0 Å². The fourth-order valence-corrected chi connectivity index (χ4v) is 2.07. The first kappa shape index (κ1) is 18.2. The number of nitrogens with one attached hydrogen (secondary N) is 2. The van der Waals surface area contributed by atoms with Gasteiger partial charge in [-0.05, 0) is 48.9 Å². The molecule has 0 radical (unpaired) electrons. The molecule has 2 amide bonds. The predicted molar refractivity (Wildman–Crippen MR) is 87.6 cm³/mol. The molecule has 5 heteroatoms. The Bertz CT molecular complexity index is 527. The van der Waals surface area contributed by atoms with Gasteiger partial charge in [0, 0.05) is 12.2 Å². The second-order valence-electron chi connectivity index (χ2n) is 6.76. The molecule has 1 aromatic rings. The van der Waals surface area contributed by atoms with Crippen LogP contribution in [0.4, 0.5) is 5.69 Å². The molecule has 1 aromatic carbocycles. The Balaban J connectivity index is 2.47. The summed E-state index contributed by atoms with van der Waals surface area (Å²) in [4.78, 5) is 23.6. The normalized spacial score (nSPS) is 12.6. The molecule has 0 spiro atoms. The molecule has 1 rings (SSSR count). The van der Waals surface area contributed by atoms with E-state index in [0.717, 1.165) is 11.1 Å².